The highest BCUT2D eigenvalue weighted by molar-refractivity contribution is 7.99. The Hall–Kier alpha value is -2.81. The Morgan fingerprint density at radius 2 is 1.86 bits per heavy atom. The highest BCUT2D eigenvalue weighted by atomic mass is 32.2. The van der Waals surface area contributed by atoms with Crippen molar-refractivity contribution in [1.29, 1.82) is 0 Å². The van der Waals surface area contributed by atoms with Crippen molar-refractivity contribution in [1.82, 2.24) is 24.7 Å². The predicted molar refractivity (Wildman–Crippen MR) is 111 cm³/mol. The van der Waals surface area contributed by atoms with Crippen LogP contribution in [0.3, 0.4) is 0 Å². The molecule has 3 rings (SSSR count). The molecule has 0 saturated carbocycles. The lowest BCUT2D eigenvalue weighted by molar-refractivity contribution is -0.113. The number of nitrogens with zero attached hydrogens (tertiary/aromatic N) is 5. The van der Waals surface area contributed by atoms with Crippen molar-refractivity contribution in [3.63, 3.8) is 0 Å². The maximum absolute atomic E-state index is 12.5. The minimum Gasteiger partial charge on any atom is -0.336 e. The molecule has 0 saturated heterocycles. The second-order valence-electron chi connectivity index (χ2n) is 7.68. The van der Waals surface area contributed by atoms with Gasteiger partial charge in [0.2, 0.25) is 11.1 Å². The summed E-state index contributed by atoms with van der Waals surface area (Å²) in [5, 5.41) is 16.1. The second-order valence-corrected chi connectivity index (χ2v) is 8.62. The van der Waals surface area contributed by atoms with Gasteiger partial charge in [-0.1, -0.05) is 50.2 Å². The fraction of sp³-hybridized carbons (Fsp3) is 0.368. The van der Waals surface area contributed by atoms with Gasteiger partial charge in [0, 0.05) is 11.5 Å². The van der Waals surface area contributed by atoms with Gasteiger partial charge in [-0.05, 0) is 26.0 Å². The number of anilines is 1. The van der Waals surface area contributed by atoms with Crippen molar-refractivity contribution >= 4 is 23.5 Å². The van der Waals surface area contributed by atoms with Gasteiger partial charge in [-0.25, -0.2) is 9.36 Å². The molecule has 2 aromatic heterocycles. The first-order chi connectivity index (χ1) is 13.1. The normalized spacial score (nSPS) is 11.6. The van der Waals surface area contributed by atoms with Crippen LogP contribution in [0.5, 0.6) is 0 Å². The number of amides is 1. The summed E-state index contributed by atoms with van der Waals surface area (Å²) in [6, 6.07) is 9.79. The lowest BCUT2D eigenvalue weighted by Gasteiger charge is -2.16. The lowest BCUT2D eigenvalue weighted by Crippen LogP contribution is -2.24. The topological polar surface area (TPSA) is 104 Å². The van der Waals surface area contributed by atoms with Crippen LogP contribution >= 0.6 is 11.8 Å². The molecular formula is C19H25N7OS. The Morgan fingerprint density at radius 1 is 1.18 bits per heavy atom. The minimum atomic E-state index is -0.221. The third kappa shape index (κ3) is 4.36. The molecule has 8 nitrogen and oxygen atoms in total. The number of aromatic nitrogens is 5. The molecule has 3 aromatic rings. The van der Waals surface area contributed by atoms with Gasteiger partial charge in [-0.2, -0.15) is 5.10 Å². The SMILES string of the molecule is Cc1ccc(-n2nc(C)cc2NC(=O)CSc2nnc(C(C)(C)C)n2N)cc1. The first kappa shape index (κ1) is 19.9. The molecule has 148 valence electrons. The van der Waals surface area contributed by atoms with Crippen LogP contribution in [0.1, 0.15) is 37.9 Å². The number of nitrogens with two attached hydrogens (primary N) is 1. The number of hydrogen-bond acceptors (Lipinski definition) is 6. The van der Waals surface area contributed by atoms with E-state index in [0.717, 1.165) is 16.9 Å². The van der Waals surface area contributed by atoms with Crippen molar-refractivity contribution in [3.8, 4) is 5.69 Å². The number of nitrogen functional groups attached to an aromatic ring is 1. The van der Waals surface area contributed by atoms with E-state index in [2.05, 4.69) is 20.6 Å². The molecular weight excluding hydrogens is 374 g/mol. The van der Waals surface area contributed by atoms with Crippen LogP contribution in [0, 0.1) is 13.8 Å². The molecule has 1 aromatic carbocycles. The van der Waals surface area contributed by atoms with E-state index in [4.69, 9.17) is 5.84 Å². The molecule has 0 spiro atoms. The summed E-state index contributed by atoms with van der Waals surface area (Å²) in [4.78, 5) is 12.5. The number of carbonyl (C=O) groups excluding carboxylic acids is 1. The smallest absolute Gasteiger partial charge is 0.236 e. The van der Waals surface area contributed by atoms with E-state index in [9.17, 15) is 4.79 Å². The molecule has 28 heavy (non-hydrogen) atoms. The average molecular weight is 400 g/mol. The van der Waals surface area contributed by atoms with E-state index >= 15 is 0 Å². The number of aryl methyl sites for hydroxylation is 2. The van der Waals surface area contributed by atoms with Gasteiger partial charge < -0.3 is 11.2 Å². The Morgan fingerprint density at radius 3 is 2.46 bits per heavy atom. The summed E-state index contributed by atoms with van der Waals surface area (Å²) in [6.45, 7) is 9.95. The summed E-state index contributed by atoms with van der Waals surface area (Å²) in [6.07, 6.45) is 0. The third-order valence-corrected chi connectivity index (χ3v) is 4.99. The van der Waals surface area contributed by atoms with Crippen molar-refractivity contribution in [2.75, 3.05) is 16.9 Å². The third-order valence-electron chi connectivity index (χ3n) is 4.05. The van der Waals surface area contributed by atoms with Gasteiger partial charge in [0.05, 0.1) is 17.1 Å². The van der Waals surface area contributed by atoms with E-state index < -0.39 is 0 Å². The number of hydrogen-bond donors (Lipinski definition) is 2. The zero-order chi connectivity index (χ0) is 20.5. The predicted octanol–water partition coefficient (Wildman–Crippen LogP) is 2.82. The molecule has 0 fully saturated rings. The average Bonchev–Trinajstić information content (AvgIpc) is 3.16. The van der Waals surface area contributed by atoms with Crippen molar-refractivity contribution in [2.24, 2.45) is 0 Å². The van der Waals surface area contributed by atoms with Gasteiger partial charge in [-0.3, -0.25) is 4.79 Å². The summed E-state index contributed by atoms with van der Waals surface area (Å²) in [5.74, 6) is 7.36. The van der Waals surface area contributed by atoms with E-state index in [-0.39, 0.29) is 17.1 Å². The summed E-state index contributed by atoms with van der Waals surface area (Å²) in [7, 11) is 0. The quantitative estimate of drug-likeness (QED) is 0.505. The van der Waals surface area contributed by atoms with E-state index in [1.165, 1.54) is 16.4 Å². The lowest BCUT2D eigenvalue weighted by atomic mass is 9.96. The Labute approximate surface area is 168 Å². The molecule has 0 unspecified atom stereocenters. The summed E-state index contributed by atoms with van der Waals surface area (Å²) in [5.41, 5.74) is 2.65. The largest absolute Gasteiger partial charge is 0.336 e. The fourth-order valence-corrected chi connectivity index (χ4v) is 3.32. The first-order valence-corrected chi connectivity index (χ1v) is 9.91. The number of thioether (sulfide) groups is 1. The van der Waals surface area contributed by atoms with Crippen LogP contribution in [0.4, 0.5) is 5.82 Å². The Balaban J connectivity index is 1.69. The number of nitrogens with one attached hydrogen (secondary N) is 1. The second kappa shape index (κ2) is 7.67. The van der Waals surface area contributed by atoms with E-state index in [0.29, 0.717) is 16.8 Å². The van der Waals surface area contributed by atoms with Gasteiger partial charge in [-0.15, -0.1) is 10.2 Å². The van der Waals surface area contributed by atoms with Crippen LogP contribution in [0.25, 0.3) is 5.69 Å². The van der Waals surface area contributed by atoms with E-state index in [1.54, 1.807) is 4.68 Å². The van der Waals surface area contributed by atoms with Gasteiger partial charge >= 0.3 is 0 Å². The molecule has 0 bridgehead atoms. The van der Waals surface area contributed by atoms with Crippen molar-refractivity contribution in [2.45, 2.75) is 45.2 Å². The monoisotopic (exact) mass is 399 g/mol. The molecule has 0 aliphatic rings. The highest BCUT2D eigenvalue weighted by Crippen LogP contribution is 2.23. The number of rotatable bonds is 5. The van der Waals surface area contributed by atoms with Crippen LogP contribution in [0.15, 0.2) is 35.5 Å². The molecule has 0 aliphatic heterocycles. The zero-order valence-corrected chi connectivity index (χ0v) is 17.5. The highest BCUT2D eigenvalue weighted by Gasteiger charge is 2.23. The molecule has 9 heteroatoms. The Kier molecular flexibility index (Phi) is 5.46. The maximum Gasteiger partial charge on any atom is 0.236 e. The molecule has 3 N–H and O–H groups in total. The standard InChI is InChI=1S/C19H25N7OS/c1-12-6-8-14(9-7-12)26-15(10-13(2)24-26)21-16(27)11-28-18-23-22-17(25(18)20)19(3,4)5/h6-10H,11,20H2,1-5H3,(H,21,27). The minimum absolute atomic E-state index is 0.164. The molecule has 2 heterocycles. The van der Waals surface area contributed by atoms with Crippen molar-refractivity contribution < 1.29 is 4.79 Å². The van der Waals surface area contributed by atoms with Crippen molar-refractivity contribution in [3.05, 3.63) is 47.4 Å². The maximum atomic E-state index is 12.5. The van der Waals surface area contributed by atoms with Gasteiger partial charge in [0.1, 0.15) is 5.82 Å². The zero-order valence-electron chi connectivity index (χ0n) is 16.7. The first-order valence-electron chi connectivity index (χ1n) is 8.92. The summed E-state index contributed by atoms with van der Waals surface area (Å²) < 4.78 is 3.17. The fourth-order valence-electron chi connectivity index (χ4n) is 2.67. The summed E-state index contributed by atoms with van der Waals surface area (Å²) >= 11 is 1.24. The number of carbonyl (C=O) groups is 1. The molecule has 1 amide bonds. The van der Waals surface area contributed by atoms with Crippen LogP contribution < -0.4 is 11.2 Å². The van der Waals surface area contributed by atoms with Gasteiger partial charge in [0.15, 0.2) is 5.82 Å². The van der Waals surface area contributed by atoms with Crippen LogP contribution in [-0.4, -0.2) is 36.3 Å². The Bertz CT molecular complexity index is 983. The van der Waals surface area contributed by atoms with Crippen LogP contribution in [-0.2, 0) is 10.2 Å². The number of benzene rings is 1. The van der Waals surface area contributed by atoms with E-state index in [1.807, 2.05) is 65.0 Å². The van der Waals surface area contributed by atoms with Gasteiger partial charge in [0.25, 0.3) is 0 Å². The molecule has 0 atom stereocenters. The van der Waals surface area contributed by atoms with Crippen LogP contribution in [0.2, 0.25) is 0 Å². The molecule has 0 aliphatic carbocycles. The molecule has 0 radical (unpaired) electrons.